The fourth-order valence-electron chi connectivity index (χ4n) is 1.93. The van der Waals surface area contributed by atoms with Crippen molar-refractivity contribution >= 4 is 5.69 Å². The van der Waals surface area contributed by atoms with Gasteiger partial charge in [0.25, 0.3) is 0 Å². The lowest BCUT2D eigenvalue weighted by atomic mass is 10.1. The molecule has 0 aromatic heterocycles. The molecule has 2 N–H and O–H groups in total. The Bertz CT molecular complexity index is 612. The second kappa shape index (κ2) is 5.45. The van der Waals surface area contributed by atoms with Crippen LogP contribution in [0.3, 0.4) is 0 Å². The molecule has 3 nitrogen and oxygen atoms in total. The van der Waals surface area contributed by atoms with Crippen molar-refractivity contribution in [2.75, 3.05) is 5.32 Å². The second-order valence-corrected chi connectivity index (χ2v) is 4.60. The fourth-order valence-corrected chi connectivity index (χ4v) is 1.93. The Labute approximate surface area is 113 Å². The fraction of sp³-hybridized carbons (Fsp3) is 0.188. The zero-order chi connectivity index (χ0) is 13.8. The molecular formula is C16H16N2O. The maximum atomic E-state index is 9.28. The van der Waals surface area contributed by atoms with Crippen LogP contribution >= 0.6 is 0 Å². The van der Waals surface area contributed by atoms with Crippen molar-refractivity contribution < 1.29 is 5.11 Å². The van der Waals surface area contributed by atoms with Gasteiger partial charge in [-0.25, -0.2) is 0 Å². The molecule has 0 saturated carbocycles. The highest BCUT2D eigenvalue weighted by Crippen LogP contribution is 2.24. The first-order valence-corrected chi connectivity index (χ1v) is 6.16. The smallest absolute Gasteiger partial charge is 0.115 e. The first-order valence-electron chi connectivity index (χ1n) is 6.16. The van der Waals surface area contributed by atoms with Gasteiger partial charge >= 0.3 is 0 Å². The van der Waals surface area contributed by atoms with Gasteiger partial charge in [0, 0.05) is 11.7 Å². The summed E-state index contributed by atoms with van der Waals surface area (Å²) in [6, 6.07) is 15.0. The molecule has 0 saturated heterocycles. The lowest BCUT2D eigenvalue weighted by molar-refractivity contribution is 0.475. The van der Waals surface area contributed by atoms with Gasteiger partial charge in [0.15, 0.2) is 0 Å². The van der Waals surface area contributed by atoms with Crippen molar-refractivity contribution in [3.63, 3.8) is 0 Å². The molecule has 2 aromatic rings. The van der Waals surface area contributed by atoms with Crippen LogP contribution in [0.25, 0.3) is 0 Å². The summed E-state index contributed by atoms with van der Waals surface area (Å²) >= 11 is 0. The van der Waals surface area contributed by atoms with E-state index < -0.39 is 0 Å². The van der Waals surface area contributed by atoms with E-state index in [1.165, 1.54) is 0 Å². The molecule has 0 aliphatic carbocycles. The van der Waals surface area contributed by atoms with Gasteiger partial charge in [0.1, 0.15) is 5.75 Å². The predicted octanol–water partition coefficient (Wildman–Crippen LogP) is 3.75. The molecule has 19 heavy (non-hydrogen) atoms. The van der Waals surface area contributed by atoms with Crippen molar-refractivity contribution in [3.05, 3.63) is 59.2 Å². The molecule has 1 unspecified atom stereocenters. The molecule has 0 heterocycles. The third kappa shape index (κ3) is 3.05. The van der Waals surface area contributed by atoms with Crippen molar-refractivity contribution in [3.8, 4) is 11.8 Å². The monoisotopic (exact) mass is 252 g/mol. The van der Waals surface area contributed by atoms with Gasteiger partial charge in [-0.3, -0.25) is 0 Å². The Balaban J connectivity index is 2.21. The lowest BCUT2D eigenvalue weighted by Crippen LogP contribution is -2.07. The van der Waals surface area contributed by atoms with Crippen LogP contribution in [-0.2, 0) is 0 Å². The summed E-state index contributed by atoms with van der Waals surface area (Å²) < 4.78 is 0. The largest absolute Gasteiger partial charge is 0.508 e. The Morgan fingerprint density at radius 3 is 2.47 bits per heavy atom. The van der Waals surface area contributed by atoms with E-state index >= 15 is 0 Å². The Kier molecular flexibility index (Phi) is 3.72. The number of benzene rings is 2. The lowest BCUT2D eigenvalue weighted by Gasteiger charge is -2.17. The van der Waals surface area contributed by atoms with Crippen LogP contribution in [0.4, 0.5) is 5.69 Å². The van der Waals surface area contributed by atoms with E-state index in [1.54, 1.807) is 12.1 Å². The number of hydrogen-bond donors (Lipinski definition) is 2. The van der Waals surface area contributed by atoms with Crippen molar-refractivity contribution in [2.45, 2.75) is 19.9 Å². The number of rotatable bonds is 3. The number of nitrogens with zero attached hydrogens (tertiary/aromatic N) is 1. The molecule has 0 fully saturated rings. The van der Waals surface area contributed by atoms with Crippen LogP contribution in [0.15, 0.2) is 42.5 Å². The van der Waals surface area contributed by atoms with Gasteiger partial charge in [-0.05, 0) is 49.2 Å². The molecule has 0 amide bonds. The summed E-state index contributed by atoms with van der Waals surface area (Å²) in [7, 11) is 0. The number of aryl methyl sites for hydroxylation is 1. The Hall–Kier alpha value is -2.47. The van der Waals surface area contributed by atoms with E-state index in [2.05, 4.69) is 11.4 Å². The molecular weight excluding hydrogens is 236 g/mol. The van der Waals surface area contributed by atoms with Crippen LogP contribution in [0, 0.1) is 18.3 Å². The average Bonchev–Trinajstić information content (AvgIpc) is 2.42. The standard InChI is InChI=1S/C16H16N2O/c1-11-3-4-13(10-17)9-16(11)18-12(2)14-5-7-15(19)8-6-14/h3-9,12,18-19H,1-2H3. The molecule has 0 radical (unpaired) electrons. The minimum absolute atomic E-state index is 0.105. The summed E-state index contributed by atoms with van der Waals surface area (Å²) in [5, 5.41) is 21.6. The second-order valence-electron chi connectivity index (χ2n) is 4.60. The third-order valence-corrected chi connectivity index (χ3v) is 3.13. The maximum Gasteiger partial charge on any atom is 0.115 e. The Morgan fingerprint density at radius 2 is 1.84 bits per heavy atom. The van der Waals surface area contributed by atoms with Crippen LogP contribution < -0.4 is 5.32 Å². The van der Waals surface area contributed by atoms with E-state index in [4.69, 9.17) is 5.26 Å². The normalized spacial score (nSPS) is 11.6. The molecule has 96 valence electrons. The van der Waals surface area contributed by atoms with E-state index in [0.29, 0.717) is 5.56 Å². The van der Waals surface area contributed by atoms with E-state index in [1.807, 2.05) is 44.2 Å². The molecule has 2 rings (SSSR count). The number of phenolic OH excluding ortho intramolecular Hbond substituents is 1. The summed E-state index contributed by atoms with van der Waals surface area (Å²) in [5.41, 5.74) is 3.79. The number of phenols is 1. The minimum Gasteiger partial charge on any atom is -0.508 e. The van der Waals surface area contributed by atoms with Gasteiger partial charge in [0.05, 0.1) is 11.6 Å². The van der Waals surface area contributed by atoms with Gasteiger partial charge < -0.3 is 10.4 Å². The maximum absolute atomic E-state index is 9.28. The van der Waals surface area contributed by atoms with Crippen LogP contribution in [0.2, 0.25) is 0 Å². The van der Waals surface area contributed by atoms with Gasteiger partial charge in [-0.2, -0.15) is 5.26 Å². The zero-order valence-electron chi connectivity index (χ0n) is 11.0. The predicted molar refractivity (Wildman–Crippen MR) is 76.0 cm³/mol. The van der Waals surface area contributed by atoms with Crippen molar-refractivity contribution in [1.82, 2.24) is 0 Å². The molecule has 2 aromatic carbocycles. The molecule has 0 aliphatic rings. The molecule has 0 bridgehead atoms. The Morgan fingerprint density at radius 1 is 1.16 bits per heavy atom. The van der Waals surface area contributed by atoms with Gasteiger partial charge in [-0.1, -0.05) is 18.2 Å². The van der Waals surface area contributed by atoms with Crippen LogP contribution in [0.5, 0.6) is 5.75 Å². The molecule has 1 atom stereocenters. The SMILES string of the molecule is Cc1ccc(C#N)cc1NC(C)c1ccc(O)cc1. The highest BCUT2D eigenvalue weighted by Gasteiger charge is 2.07. The quantitative estimate of drug-likeness (QED) is 0.874. The summed E-state index contributed by atoms with van der Waals surface area (Å²) in [4.78, 5) is 0. The van der Waals surface area contributed by atoms with Crippen molar-refractivity contribution in [2.24, 2.45) is 0 Å². The number of anilines is 1. The number of hydrogen-bond acceptors (Lipinski definition) is 3. The average molecular weight is 252 g/mol. The summed E-state index contributed by atoms with van der Waals surface area (Å²) in [6.45, 7) is 4.05. The highest BCUT2D eigenvalue weighted by molar-refractivity contribution is 5.56. The minimum atomic E-state index is 0.105. The third-order valence-electron chi connectivity index (χ3n) is 3.13. The molecule has 3 heteroatoms. The first kappa shape index (κ1) is 13.0. The van der Waals surface area contributed by atoms with Gasteiger partial charge in [0.2, 0.25) is 0 Å². The number of aromatic hydroxyl groups is 1. The van der Waals surface area contributed by atoms with Crippen molar-refractivity contribution in [1.29, 1.82) is 5.26 Å². The number of nitrogens with one attached hydrogen (secondary N) is 1. The number of nitriles is 1. The van der Waals surface area contributed by atoms with Gasteiger partial charge in [-0.15, -0.1) is 0 Å². The molecule has 0 spiro atoms. The van der Waals surface area contributed by atoms with E-state index in [9.17, 15) is 5.11 Å². The molecule has 0 aliphatic heterocycles. The summed E-state index contributed by atoms with van der Waals surface area (Å²) in [5.74, 6) is 0.263. The van der Waals surface area contributed by atoms with Crippen LogP contribution in [0.1, 0.15) is 29.7 Å². The topological polar surface area (TPSA) is 56.0 Å². The van der Waals surface area contributed by atoms with E-state index in [-0.39, 0.29) is 11.8 Å². The summed E-state index contributed by atoms with van der Waals surface area (Å²) in [6.07, 6.45) is 0. The van der Waals surface area contributed by atoms with Crippen LogP contribution in [-0.4, -0.2) is 5.11 Å². The zero-order valence-corrected chi connectivity index (χ0v) is 11.0. The highest BCUT2D eigenvalue weighted by atomic mass is 16.3. The first-order chi connectivity index (χ1) is 9.10. The van der Waals surface area contributed by atoms with E-state index in [0.717, 1.165) is 16.8 Å².